The SMILES string of the molecule is Cc1ccc(C)c(CC(O)CC(=O)O)c1. The number of hydrogen-bond donors (Lipinski definition) is 2. The van der Waals surface area contributed by atoms with E-state index in [0.717, 1.165) is 16.7 Å². The predicted molar refractivity (Wildman–Crippen MR) is 57.9 cm³/mol. The number of aliphatic hydroxyl groups excluding tert-OH is 1. The molecule has 0 aromatic heterocycles. The van der Waals surface area contributed by atoms with Gasteiger partial charge in [-0.25, -0.2) is 0 Å². The third-order valence-electron chi connectivity index (χ3n) is 2.37. The summed E-state index contributed by atoms with van der Waals surface area (Å²) in [6.07, 6.45) is -0.601. The number of aryl methyl sites for hydroxylation is 2. The molecule has 15 heavy (non-hydrogen) atoms. The molecule has 0 radical (unpaired) electrons. The molecule has 0 aliphatic carbocycles. The van der Waals surface area contributed by atoms with E-state index in [-0.39, 0.29) is 6.42 Å². The molecule has 0 heterocycles. The second kappa shape index (κ2) is 4.94. The van der Waals surface area contributed by atoms with Gasteiger partial charge in [-0.3, -0.25) is 4.79 Å². The molecule has 0 amide bonds. The van der Waals surface area contributed by atoms with Crippen LogP contribution in [-0.2, 0) is 11.2 Å². The van der Waals surface area contributed by atoms with E-state index in [4.69, 9.17) is 5.11 Å². The Balaban J connectivity index is 2.71. The van der Waals surface area contributed by atoms with Crippen molar-refractivity contribution >= 4 is 5.97 Å². The minimum Gasteiger partial charge on any atom is -0.481 e. The Morgan fingerprint density at radius 2 is 2.07 bits per heavy atom. The van der Waals surface area contributed by atoms with E-state index in [9.17, 15) is 9.90 Å². The fourth-order valence-corrected chi connectivity index (χ4v) is 1.55. The van der Waals surface area contributed by atoms with E-state index >= 15 is 0 Å². The van der Waals surface area contributed by atoms with Crippen LogP contribution in [0.2, 0.25) is 0 Å². The van der Waals surface area contributed by atoms with Crippen molar-refractivity contribution in [3.63, 3.8) is 0 Å². The first-order valence-electron chi connectivity index (χ1n) is 4.95. The maximum Gasteiger partial charge on any atom is 0.305 e. The third-order valence-corrected chi connectivity index (χ3v) is 2.37. The molecule has 0 aliphatic rings. The Hall–Kier alpha value is -1.35. The summed E-state index contributed by atoms with van der Waals surface area (Å²) in [6, 6.07) is 5.97. The van der Waals surface area contributed by atoms with Crippen molar-refractivity contribution in [2.24, 2.45) is 0 Å². The van der Waals surface area contributed by atoms with Crippen LogP contribution in [0.4, 0.5) is 0 Å². The maximum atomic E-state index is 10.4. The van der Waals surface area contributed by atoms with Gasteiger partial charge >= 0.3 is 5.97 Å². The van der Waals surface area contributed by atoms with Crippen LogP contribution in [0, 0.1) is 13.8 Å². The van der Waals surface area contributed by atoms with Crippen LogP contribution in [0.25, 0.3) is 0 Å². The fraction of sp³-hybridized carbons (Fsp3) is 0.417. The zero-order valence-corrected chi connectivity index (χ0v) is 9.03. The molecule has 1 aromatic rings. The number of carboxylic acid groups (broad SMARTS) is 1. The van der Waals surface area contributed by atoms with E-state index in [1.165, 1.54) is 0 Å². The average molecular weight is 208 g/mol. The highest BCUT2D eigenvalue weighted by molar-refractivity contribution is 5.67. The number of hydrogen-bond acceptors (Lipinski definition) is 2. The van der Waals surface area contributed by atoms with Crippen LogP contribution in [0.15, 0.2) is 18.2 Å². The normalized spacial score (nSPS) is 12.5. The van der Waals surface area contributed by atoms with Gasteiger partial charge in [0.1, 0.15) is 0 Å². The molecular formula is C12H16O3. The van der Waals surface area contributed by atoms with Gasteiger partial charge in [0, 0.05) is 0 Å². The molecule has 3 heteroatoms. The highest BCUT2D eigenvalue weighted by Crippen LogP contribution is 2.13. The maximum absolute atomic E-state index is 10.4. The molecular weight excluding hydrogens is 192 g/mol. The van der Waals surface area contributed by atoms with Gasteiger partial charge in [-0.15, -0.1) is 0 Å². The number of aliphatic carboxylic acids is 1. The van der Waals surface area contributed by atoms with Gasteiger partial charge in [0.25, 0.3) is 0 Å². The summed E-state index contributed by atoms with van der Waals surface area (Å²) in [5.41, 5.74) is 3.23. The summed E-state index contributed by atoms with van der Waals surface area (Å²) in [6.45, 7) is 3.94. The fourth-order valence-electron chi connectivity index (χ4n) is 1.55. The first kappa shape index (κ1) is 11.7. The summed E-state index contributed by atoms with van der Waals surface area (Å²) < 4.78 is 0. The molecule has 1 rings (SSSR count). The van der Waals surface area contributed by atoms with Crippen molar-refractivity contribution < 1.29 is 15.0 Å². The molecule has 0 fully saturated rings. The van der Waals surface area contributed by atoms with Crippen LogP contribution in [-0.4, -0.2) is 22.3 Å². The van der Waals surface area contributed by atoms with E-state index in [1.807, 2.05) is 32.0 Å². The van der Waals surface area contributed by atoms with Crippen LogP contribution < -0.4 is 0 Å². The Kier molecular flexibility index (Phi) is 3.86. The molecule has 1 unspecified atom stereocenters. The average Bonchev–Trinajstić information content (AvgIpc) is 2.10. The minimum absolute atomic E-state index is 0.201. The molecule has 0 aliphatic heterocycles. The lowest BCUT2D eigenvalue weighted by Gasteiger charge is -2.11. The van der Waals surface area contributed by atoms with Gasteiger partial charge in [0.05, 0.1) is 12.5 Å². The van der Waals surface area contributed by atoms with Gasteiger partial charge in [0.15, 0.2) is 0 Å². The molecule has 3 nitrogen and oxygen atoms in total. The summed E-state index contributed by atoms with van der Waals surface area (Å²) in [5.74, 6) is -0.965. The second-order valence-corrected chi connectivity index (χ2v) is 3.89. The van der Waals surface area contributed by atoms with Crippen molar-refractivity contribution in [1.82, 2.24) is 0 Å². The predicted octanol–water partition coefficient (Wildman–Crippen LogP) is 1.68. The van der Waals surface area contributed by atoms with E-state index in [2.05, 4.69) is 0 Å². The standard InChI is InChI=1S/C12H16O3/c1-8-3-4-9(2)10(5-8)6-11(13)7-12(14)15/h3-5,11,13H,6-7H2,1-2H3,(H,14,15). The Bertz CT molecular complexity index is 358. The van der Waals surface area contributed by atoms with Crippen molar-refractivity contribution in [1.29, 1.82) is 0 Å². The van der Waals surface area contributed by atoms with Crippen molar-refractivity contribution in [3.05, 3.63) is 34.9 Å². The minimum atomic E-state index is -0.965. The highest BCUT2D eigenvalue weighted by atomic mass is 16.4. The summed E-state index contributed by atoms with van der Waals surface area (Å²) in [4.78, 5) is 10.4. The zero-order valence-electron chi connectivity index (χ0n) is 9.03. The molecule has 1 aromatic carbocycles. The smallest absolute Gasteiger partial charge is 0.305 e. The lowest BCUT2D eigenvalue weighted by molar-refractivity contribution is -0.139. The highest BCUT2D eigenvalue weighted by Gasteiger charge is 2.11. The Morgan fingerprint density at radius 1 is 1.40 bits per heavy atom. The molecule has 2 N–H and O–H groups in total. The largest absolute Gasteiger partial charge is 0.481 e. The topological polar surface area (TPSA) is 57.5 Å². The summed E-state index contributed by atoms with van der Waals surface area (Å²) in [7, 11) is 0. The first-order chi connectivity index (χ1) is 6.99. The number of rotatable bonds is 4. The van der Waals surface area contributed by atoms with Crippen molar-refractivity contribution in [2.45, 2.75) is 32.8 Å². The number of benzene rings is 1. The monoisotopic (exact) mass is 208 g/mol. The van der Waals surface area contributed by atoms with Crippen LogP contribution in [0.1, 0.15) is 23.1 Å². The second-order valence-electron chi connectivity index (χ2n) is 3.89. The van der Waals surface area contributed by atoms with Gasteiger partial charge in [-0.2, -0.15) is 0 Å². The van der Waals surface area contributed by atoms with Crippen LogP contribution in [0.3, 0.4) is 0 Å². The molecule has 0 saturated heterocycles. The number of carboxylic acids is 1. The number of carbonyl (C=O) groups is 1. The Labute approximate surface area is 89.4 Å². The first-order valence-corrected chi connectivity index (χ1v) is 4.95. The van der Waals surface area contributed by atoms with Gasteiger partial charge in [-0.1, -0.05) is 23.8 Å². The molecule has 0 bridgehead atoms. The van der Waals surface area contributed by atoms with E-state index < -0.39 is 12.1 Å². The van der Waals surface area contributed by atoms with Gasteiger partial charge in [0.2, 0.25) is 0 Å². The van der Waals surface area contributed by atoms with Crippen LogP contribution >= 0.6 is 0 Å². The zero-order chi connectivity index (χ0) is 11.4. The van der Waals surface area contributed by atoms with E-state index in [1.54, 1.807) is 0 Å². The lowest BCUT2D eigenvalue weighted by Crippen LogP contribution is -2.16. The van der Waals surface area contributed by atoms with Crippen molar-refractivity contribution in [3.8, 4) is 0 Å². The van der Waals surface area contributed by atoms with E-state index in [0.29, 0.717) is 6.42 Å². The molecule has 82 valence electrons. The molecule has 1 atom stereocenters. The van der Waals surface area contributed by atoms with Crippen molar-refractivity contribution in [2.75, 3.05) is 0 Å². The van der Waals surface area contributed by atoms with Gasteiger partial charge in [-0.05, 0) is 31.4 Å². The third kappa shape index (κ3) is 3.72. The summed E-state index contributed by atoms with van der Waals surface area (Å²) in [5, 5.41) is 18.0. The quantitative estimate of drug-likeness (QED) is 0.791. The van der Waals surface area contributed by atoms with Gasteiger partial charge < -0.3 is 10.2 Å². The number of aliphatic hydroxyl groups is 1. The Morgan fingerprint density at radius 3 is 2.67 bits per heavy atom. The van der Waals surface area contributed by atoms with Crippen LogP contribution in [0.5, 0.6) is 0 Å². The lowest BCUT2D eigenvalue weighted by atomic mass is 9.99. The molecule has 0 spiro atoms. The molecule has 0 saturated carbocycles. The summed E-state index contributed by atoms with van der Waals surface area (Å²) >= 11 is 0.